The molecule has 4 aliphatic heterocycles. The van der Waals surface area contributed by atoms with Crippen molar-refractivity contribution in [3.8, 4) is 0 Å². The van der Waals surface area contributed by atoms with E-state index in [-0.39, 0.29) is 0 Å². The first-order valence-electron chi connectivity index (χ1n) is 7.27. The predicted octanol–water partition coefficient (Wildman–Crippen LogP) is -0.661. The zero-order valence-corrected chi connectivity index (χ0v) is 12.1. The van der Waals surface area contributed by atoms with Crippen molar-refractivity contribution in [2.24, 2.45) is 11.3 Å². The van der Waals surface area contributed by atoms with Crippen LogP contribution in [-0.2, 0) is 9.68 Å². The van der Waals surface area contributed by atoms with E-state index in [2.05, 4.69) is 30.0 Å². The van der Waals surface area contributed by atoms with Crippen LogP contribution in [0, 0.1) is 11.3 Å². The van der Waals surface area contributed by atoms with Crippen molar-refractivity contribution in [2.75, 3.05) is 39.9 Å². The van der Waals surface area contributed by atoms with Crippen LogP contribution in [0.4, 0.5) is 0 Å². The minimum Gasteiger partial charge on any atom is -0.314 e. The van der Waals surface area contributed by atoms with Crippen LogP contribution >= 0.6 is 0 Å². The summed E-state index contributed by atoms with van der Waals surface area (Å²) < 4.78 is 0. The molecule has 0 saturated carbocycles. The van der Waals surface area contributed by atoms with Gasteiger partial charge >= 0.3 is 0 Å². The van der Waals surface area contributed by atoms with Gasteiger partial charge in [0.05, 0.1) is 25.3 Å². The van der Waals surface area contributed by atoms with E-state index >= 15 is 0 Å². The van der Waals surface area contributed by atoms with E-state index in [9.17, 15) is 0 Å². The van der Waals surface area contributed by atoms with Gasteiger partial charge in [-0.15, -0.1) is 0 Å². The lowest BCUT2D eigenvalue weighted by molar-refractivity contribution is -0.114. The number of hydrogen-bond donors (Lipinski definition) is 3. The molecule has 110 valence electrons. The molecule has 4 saturated heterocycles. The number of likely N-dealkylation sites (N-methyl/N-ethyl adjacent to an activating group) is 1. The molecule has 0 aromatic carbocycles. The predicted molar refractivity (Wildman–Crippen MR) is 72.3 cm³/mol. The van der Waals surface area contributed by atoms with E-state index < -0.39 is 0 Å². The number of hydroxylamine groups is 3. The van der Waals surface area contributed by atoms with Crippen LogP contribution in [0.5, 0.6) is 0 Å². The average Bonchev–Trinajstić information content (AvgIpc) is 3.06. The number of hydrogen-bond acceptors (Lipinski definition) is 6. The van der Waals surface area contributed by atoms with Crippen molar-refractivity contribution in [1.29, 1.82) is 0 Å². The van der Waals surface area contributed by atoms with E-state index in [0.717, 1.165) is 38.8 Å². The molecule has 5 unspecified atom stereocenters. The molecule has 0 amide bonds. The van der Waals surface area contributed by atoms with Crippen molar-refractivity contribution in [3.63, 3.8) is 0 Å². The first kappa shape index (κ1) is 13.7. The van der Waals surface area contributed by atoms with Crippen LogP contribution in [0.2, 0.25) is 0 Å². The van der Waals surface area contributed by atoms with E-state index in [1.165, 1.54) is 0 Å². The molecule has 5 atom stereocenters. The number of nitrogens with one attached hydrogen (secondary N) is 3. The molecule has 0 aromatic rings. The topological polar surface area (TPSA) is 57.8 Å². The van der Waals surface area contributed by atoms with Crippen molar-refractivity contribution >= 4 is 0 Å². The molecule has 6 heteroatoms. The highest BCUT2D eigenvalue weighted by Gasteiger charge is 2.43. The van der Waals surface area contributed by atoms with Crippen molar-refractivity contribution in [3.05, 3.63) is 0 Å². The number of fused-ring (bicyclic) bond motifs is 2. The molecule has 0 bridgehead atoms. The Morgan fingerprint density at radius 2 is 2.16 bits per heavy atom. The summed E-state index contributed by atoms with van der Waals surface area (Å²) in [5.74, 6) is 0.722. The van der Waals surface area contributed by atoms with Crippen LogP contribution in [0.25, 0.3) is 0 Å². The van der Waals surface area contributed by atoms with E-state index in [4.69, 9.17) is 9.68 Å². The fourth-order valence-corrected chi connectivity index (χ4v) is 3.57. The lowest BCUT2D eigenvalue weighted by Gasteiger charge is -2.19. The highest BCUT2D eigenvalue weighted by atomic mass is 16.7. The van der Waals surface area contributed by atoms with Gasteiger partial charge in [0.15, 0.2) is 0 Å². The molecule has 0 spiro atoms. The maximum Gasteiger partial charge on any atom is 0.0764 e. The molecule has 4 aliphatic rings. The zero-order valence-electron chi connectivity index (χ0n) is 12.1. The van der Waals surface area contributed by atoms with Gasteiger partial charge in [-0.05, 0) is 6.92 Å². The van der Waals surface area contributed by atoms with Gasteiger partial charge in [0.1, 0.15) is 0 Å². The fraction of sp³-hybridized carbons (Fsp3) is 1.00. The molecule has 3 N–H and O–H groups in total. The van der Waals surface area contributed by atoms with Gasteiger partial charge in [0, 0.05) is 44.1 Å². The zero-order chi connectivity index (χ0) is 13.5. The van der Waals surface area contributed by atoms with Crippen LogP contribution in [0.1, 0.15) is 13.8 Å². The van der Waals surface area contributed by atoms with Crippen LogP contribution in [0.15, 0.2) is 0 Å². The Kier molecular flexibility index (Phi) is 3.81. The van der Waals surface area contributed by atoms with Crippen LogP contribution in [0.3, 0.4) is 0 Å². The standard InChI is InChI=1S/C7H14N2O.C6H12N2O/c1-5-7-6(3-8-5)4-10-9(7)2;1-6-3-7-2-5(6)8-9-4-6/h5-8H,3-4H2,1-2H3;5,7-8H,2-4H2,1H3. The molecule has 19 heavy (non-hydrogen) atoms. The fourth-order valence-electron chi connectivity index (χ4n) is 3.57. The van der Waals surface area contributed by atoms with E-state index in [1.54, 1.807) is 0 Å². The lowest BCUT2D eigenvalue weighted by Crippen LogP contribution is -2.37. The summed E-state index contributed by atoms with van der Waals surface area (Å²) in [4.78, 5) is 10.5. The van der Waals surface area contributed by atoms with Crippen molar-refractivity contribution in [1.82, 2.24) is 21.2 Å². The molecule has 4 fully saturated rings. The maximum atomic E-state index is 5.38. The van der Waals surface area contributed by atoms with Gasteiger partial charge in [-0.2, -0.15) is 10.5 Å². The molecular weight excluding hydrogens is 244 g/mol. The Balaban J connectivity index is 0.000000117. The molecule has 0 aliphatic carbocycles. The lowest BCUT2D eigenvalue weighted by atomic mass is 9.88. The Hall–Kier alpha value is -0.240. The summed E-state index contributed by atoms with van der Waals surface area (Å²) >= 11 is 0. The van der Waals surface area contributed by atoms with Crippen molar-refractivity contribution < 1.29 is 9.68 Å². The minimum absolute atomic E-state index is 0.361. The molecule has 4 rings (SSSR count). The Morgan fingerprint density at radius 3 is 2.89 bits per heavy atom. The van der Waals surface area contributed by atoms with Gasteiger partial charge in [-0.1, -0.05) is 6.92 Å². The summed E-state index contributed by atoms with van der Waals surface area (Å²) in [5, 5.41) is 8.75. The summed E-state index contributed by atoms with van der Waals surface area (Å²) in [6.07, 6.45) is 0. The van der Waals surface area contributed by atoms with Gasteiger partial charge in [-0.25, -0.2) is 0 Å². The van der Waals surface area contributed by atoms with E-state index in [1.807, 2.05) is 12.1 Å². The van der Waals surface area contributed by atoms with Crippen molar-refractivity contribution in [2.45, 2.75) is 32.0 Å². The van der Waals surface area contributed by atoms with E-state index in [0.29, 0.717) is 23.5 Å². The molecule has 0 aromatic heterocycles. The maximum absolute atomic E-state index is 5.38. The Morgan fingerprint density at radius 1 is 1.32 bits per heavy atom. The molecule has 0 radical (unpaired) electrons. The average molecular weight is 270 g/mol. The summed E-state index contributed by atoms with van der Waals surface area (Å²) in [7, 11) is 2.02. The second kappa shape index (κ2) is 5.27. The first-order chi connectivity index (χ1) is 9.10. The smallest absolute Gasteiger partial charge is 0.0764 e. The third kappa shape index (κ3) is 2.53. The number of rotatable bonds is 0. The molecular formula is C13H26N4O2. The first-order valence-corrected chi connectivity index (χ1v) is 7.27. The monoisotopic (exact) mass is 270 g/mol. The highest BCUT2D eigenvalue weighted by molar-refractivity contribution is 4.97. The Labute approximate surface area is 115 Å². The summed E-state index contributed by atoms with van der Waals surface area (Å²) in [6.45, 7) is 9.48. The second-order valence-corrected chi connectivity index (χ2v) is 6.53. The van der Waals surface area contributed by atoms with Gasteiger partial charge in [0.25, 0.3) is 0 Å². The summed E-state index contributed by atoms with van der Waals surface area (Å²) in [6, 6.07) is 1.75. The minimum atomic E-state index is 0.361. The largest absolute Gasteiger partial charge is 0.314 e. The van der Waals surface area contributed by atoms with Gasteiger partial charge in [-0.3, -0.25) is 4.84 Å². The van der Waals surface area contributed by atoms with Crippen LogP contribution < -0.4 is 16.1 Å². The van der Waals surface area contributed by atoms with Gasteiger partial charge < -0.3 is 15.5 Å². The van der Waals surface area contributed by atoms with Crippen LogP contribution in [-0.4, -0.2) is 63.1 Å². The van der Waals surface area contributed by atoms with Gasteiger partial charge in [0.2, 0.25) is 0 Å². The highest BCUT2D eigenvalue weighted by Crippen LogP contribution is 2.29. The summed E-state index contributed by atoms with van der Waals surface area (Å²) in [5.41, 5.74) is 3.36. The number of nitrogens with zero attached hydrogens (tertiary/aromatic N) is 1. The normalized spacial score (nSPS) is 48.8. The third-order valence-corrected chi connectivity index (χ3v) is 4.96. The quantitative estimate of drug-likeness (QED) is 0.543. The SMILES string of the molecule is CC12CNCC1NOC2.CC1NCC2CON(C)C21. The molecule has 4 heterocycles. The third-order valence-electron chi connectivity index (χ3n) is 4.96. The second-order valence-electron chi connectivity index (χ2n) is 6.53. The Bertz CT molecular complexity index is 304. The molecule has 6 nitrogen and oxygen atoms in total.